The Bertz CT molecular complexity index is 147. The molecule has 0 radical (unpaired) electrons. The average molecular weight is 186 g/mol. The molecule has 0 bridgehead atoms. The van der Waals surface area contributed by atoms with Gasteiger partial charge >= 0.3 is 0 Å². The summed E-state index contributed by atoms with van der Waals surface area (Å²) in [5.41, 5.74) is 5.48. The summed E-state index contributed by atoms with van der Waals surface area (Å²) in [6, 6.07) is -0.277. The number of aldehydes is 1. The molecule has 13 heavy (non-hydrogen) atoms. The summed E-state index contributed by atoms with van der Waals surface area (Å²) in [5, 5.41) is 0. The molecule has 0 aliphatic carbocycles. The van der Waals surface area contributed by atoms with E-state index >= 15 is 0 Å². The van der Waals surface area contributed by atoms with Crippen LogP contribution in [0, 0.1) is 0 Å². The van der Waals surface area contributed by atoms with E-state index in [1.54, 1.807) is 0 Å². The van der Waals surface area contributed by atoms with Gasteiger partial charge in [-0.1, -0.05) is 0 Å². The molecular weight excluding hydrogens is 168 g/mol. The van der Waals surface area contributed by atoms with Crippen LogP contribution in [-0.4, -0.2) is 50.1 Å². The Balaban J connectivity index is 2.01. The van der Waals surface area contributed by atoms with Crippen molar-refractivity contribution in [3.8, 4) is 0 Å². The van der Waals surface area contributed by atoms with Crippen molar-refractivity contribution < 1.29 is 9.53 Å². The van der Waals surface area contributed by atoms with Gasteiger partial charge in [0.2, 0.25) is 0 Å². The maximum absolute atomic E-state index is 10.2. The van der Waals surface area contributed by atoms with Gasteiger partial charge in [0, 0.05) is 13.1 Å². The van der Waals surface area contributed by atoms with Gasteiger partial charge in [-0.2, -0.15) is 0 Å². The second kappa shape index (κ2) is 6.07. The Hall–Kier alpha value is -0.450. The molecule has 0 spiro atoms. The molecule has 2 N–H and O–H groups in total. The first kappa shape index (κ1) is 10.6. The van der Waals surface area contributed by atoms with E-state index in [4.69, 9.17) is 10.5 Å². The van der Waals surface area contributed by atoms with E-state index in [2.05, 4.69) is 4.90 Å². The predicted molar refractivity (Wildman–Crippen MR) is 50.5 cm³/mol. The van der Waals surface area contributed by atoms with E-state index < -0.39 is 0 Å². The minimum atomic E-state index is -0.277. The van der Waals surface area contributed by atoms with Gasteiger partial charge in [0.25, 0.3) is 0 Å². The number of hydrogen-bond donors (Lipinski definition) is 1. The Labute approximate surface area is 79.0 Å². The largest absolute Gasteiger partial charge is 0.379 e. The van der Waals surface area contributed by atoms with Crippen LogP contribution in [0.5, 0.6) is 0 Å². The zero-order valence-corrected chi connectivity index (χ0v) is 7.95. The number of hydrogen-bond acceptors (Lipinski definition) is 4. The van der Waals surface area contributed by atoms with Crippen LogP contribution in [0.3, 0.4) is 0 Å². The van der Waals surface area contributed by atoms with Crippen LogP contribution in [-0.2, 0) is 9.53 Å². The van der Waals surface area contributed by atoms with Crippen LogP contribution in [0.15, 0.2) is 0 Å². The molecule has 0 aromatic rings. The first-order chi connectivity index (χ1) is 6.33. The van der Waals surface area contributed by atoms with E-state index in [1.807, 2.05) is 0 Å². The van der Waals surface area contributed by atoms with Crippen molar-refractivity contribution in [2.24, 2.45) is 5.73 Å². The summed E-state index contributed by atoms with van der Waals surface area (Å²) in [7, 11) is 0. The van der Waals surface area contributed by atoms with Gasteiger partial charge in [-0.3, -0.25) is 4.90 Å². The van der Waals surface area contributed by atoms with E-state index in [0.717, 1.165) is 52.0 Å². The monoisotopic (exact) mass is 186 g/mol. The van der Waals surface area contributed by atoms with Gasteiger partial charge in [0.15, 0.2) is 0 Å². The third-order valence-electron chi connectivity index (χ3n) is 2.29. The normalized spacial score (nSPS) is 21.3. The van der Waals surface area contributed by atoms with Crippen LogP contribution >= 0.6 is 0 Å². The molecule has 4 nitrogen and oxygen atoms in total. The van der Waals surface area contributed by atoms with Crippen molar-refractivity contribution in [1.29, 1.82) is 0 Å². The maximum Gasteiger partial charge on any atom is 0.136 e. The van der Waals surface area contributed by atoms with E-state index in [1.165, 1.54) is 0 Å². The first-order valence-electron chi connectivity index (χ1n) is 4.84. The average Bonchev–Trinajstić information content (AvgIpc) is 2.19. The highest BCUT2D eigenvalue weighted by Crippen LogP contribution is 2.00. The second-order valence-electron chi connectivity index (χ2n) is 3.40. The van der Waals surface area contributed by atoms with Gasteiger partial charge in [-0.05, 0) is 19.4 Å². The van der Waals surface area contributed by atoms with E-state index in [0.29, 0.717) is 0 Å². The zero-order valence-electron chi connectivity index (χ0n) is 7.95. The molecule has 0 aromatic carbocycles. The highest BCUT2D eigenvalue weighted by molar-refractivity contribution is 5.56. The second-order valence-corrected chi connectivity index (χ2v) is 3.40. The molecule has 0 amide bonds. The van der Waals surface area contributed by atoms with Gasteiger partial charge in [-0.15, -0.1) is 0 Å². The molecule has 1 heterocycles. The Morgan fingerprint density at radius 3 is 2.77 bits per heavy atom. The number of carbonyl (C=O) groups excluding carboxylic acids is 1. The lowest BCUT2D eigenvalue weighted by Crippen LogP contribution is -2.37. The standard InChI is InChI=1S/C9H18N2O2/c10-9(8-12)2-1-3-11-4-6-13-7-5-11/h8-9H,1-7,10H2. The zero-order chi connectivity index (χ0) is 9.52. The first-order valence-corrected chi connectivity index (χ1v) is 4.84. The summed E-state index contributed by atoms with van der Waals surface area (Å²) in [6.45, 7) is 4.72. The van der Waals surface area contributed by atoms with Crippen LogP contribution in [0.4, 0.5) is 0 Å². The highest BCUT2D eigenvalue weighted by Gasteiger charge is 2.09. The summed E-state index contributed by atoms with van der Waals surface area (Å²) < 4.78 is 5.23. The minimum absolute atomic E-state index is 0.277. The van der Waals surface area contributed by atoms with Crippen molar-refractivity contribution >= 4 is 6.29 Å². The van der Waals surface area contributed by atoms with Crippen LogP contribution < -0.4 is 5.73 Å². The third kappa shape index (κ3) is 4.36. The van der Waals surface area contributed by atoms with Crippen LogP contribution in [0.1, 0.15) is 12.8 Å². The van der Waals surface area contributed by atoms with Crippen molar-refractivity contribution in [1.82, 2.24) is 4.90 Å². The van der Waals surface area contributed by atoms with Crippen LogP contribution in [0.2, 0.25) is 0 Å². The Kier molecular flexibility index (Phi) is 4.97. The molecular formula is C9H18N2O2. The van der Waals surface area contributed by atoms with E-state index in [-0.39, 0.29) is 6.04 Å². The van der Waals surface area contributed by atoms with Crippen LogP contribution in [0.25, 0.3) is 0 Å². The van der Waals surface area contributed by atoms with Crippen molar-refractivity contribution in [3.05, 3.63) is 0 Å². The summed E-state index contributed by atoms with van der Waals surface area (Å²) in [5.74, 6) is 0. The molecule has 76 valence electrons. The van der Waals surface area contributed by atoms with Gasteiger partial charge in [0.1, 0.15) is 6.29 Å². The SMILES string of the molecule is NC(C=O)CCCN1CCOCC1. The van der Waals surface area contributed by atoms with Gasteiger partial charge < -0.3 is 15.3 Å². The number of nitrogens with zero attached hydrogens (tertiary/aromatic N) is 1. The quantitative estimate of drug-likeness (QED) is 0.595. The lowest BCUT2D eigenvalue weighted by molar-refractivity contribution is -0.109. The van der Waals surface area contributed by atoms with E-state index in [9.17, 15) is 4.79 Å². The molecule has 4 heteroatoms. The summed E-state index contributed by atoms with van der Waals surface area (Å²) >= 11 is 0. The van der Waals surface area contributed by atoms with Crippen molar-refractivity contribution in [3.63, 3.8) is 0 Å². The molecule has 1 aliphatic heterocycles. The number of nitrogens with two attached hydrogens (primary N) is 1. The fraction of sp³-hybridized carbons (Fsp3) is 0.889. The van der Waals surface area contributed by atoms with Gasteiger partial charge in [0.05, 0.1) is 19.3 Å². The number of rotatable bonds is 5. The maximum atomic E-state index is 10.2. The number of carbonyl (C=O) groups is 1. The lowest BCUT2D eigenvalue weighted by atomic mass is 10.2. The minimum Gasteiger partial charge on any atom is -0.379 e. The molecule has 1 atom stereocenters. The Morgan fingerprint density at radius 1 is 1.46 bits per heavy atom. The molecule has 1 aliphatic rings. The molecule has 1 fully saturated rings. The smallest absolute Gasteiger partial charge is 0.136 e. The highest BCUT2D eigenvalue weighted by atomic mass is 16.5. The van der Waals surface area contributed by atoms with Crippen molar-refractivity contribution in [2.45, 2.75) is 18.9 Å². The lowest BCUT2D eigenvalue weighted by Gasteiger charge is -2.26. The molecule has 1 saturated heterocycles. The van der Waals surface area contributed by atoms with Crippen molar-refractivity contribution in [2.75, 3.05) is 32.8 Å². The number of ether oxygens (including phenoxy) is 1. The Morgan fingerprint density at radius 2 is 2.15 bits per heavy atom. The number of morpholine rings is 1. The fourth-order valence-corrected chi connectivity index (χ4v) is 1.44. The van der Waals surface area contributed by atoms with Gasteiger partial charge in [-0.25, -0.2) is 0 Å². The summed E-state index contributed by atoms with van der Waals surface area (Å²) in [4.78, 5) is 12.6. The molecule has 0 aromatic heterocycles. The topological polar surface area (TPSA) is 55.6 Å². The predicted octanol–water partition coefficient (Wildman–Crippen LogP) is -0.375. The summed E-state index contributed by atoms with van der Waals surface area (Å²) in [6.07, 6.45) is 2.61. The molecule has 1 unspecified atom stereocenters. The fourth-order valence-electron chi connectivity index (χ4n) is 1.44. The molecule has 1 rings (SSSR count). The molecule has 0 saturated carbocycles. The third-order valence-corrected chi connectivity index (χ3v) is 2.29.